The van der Waals surface area contributed by atoms with Crippen LogP contribution in [0.4, 0.5) is 0 Å². The van der Waals surface area contributed by atoms with Gasteiger partial charge in [0.2, 0.25) is 0 Å². The second-order valence-corrected chi connectivity index (χ2v) is 7.19. The summed E-state index contributed by atoms with van der Waals surface area (Å²) >= 11 is 0. The lowest BCUT2D eigenvalue weighted by Crippen LogP contribution is -2.52. The van der Waals surface area contributed by atoms with Crippen LogP contribution in [0.15, 0.2) is 30.3 Å². The van der Waals surface area contributed by atoms with Crippen molar-refractivity contribution in [3.63, 3.8) is 0 Å². The molecule has 2 nitrogen and oxygen atoms in total. The van der Waals surface area contributed by atoms with E-state index in [2.05, 4.69) is 26.1 Å². The molecule has 1 aromatic rings. The molecule has 3 atom stereocenters. The summed E-state index contributed by atoms with van der Waals surface area (Å²) in [6.07, 6.45) is 3.84. The zero-order valence-corrected chi connectivity index (χ0v) is 12.1. The Labute approximate surface area is 115 Å². The second-order valence-electron chi connectivity index (χ2n) is 7.19. The Morgan fingerprint density at radius 3 is 2.47 bits per heavy atom. The van der Waals surface area contributed by atoms with Crippen LogP contribution >= 0.6 is 0 Å². The Hall–Kier alpha value is -1.31. The third-order valence-corrected chi connectivity index (χ3v) is 5.58. The number of benzene rings is 1. The molecule has 1 amide bonds. The van der Waals surface area contributed by atoms with Crippen molar-refractivity contribution in [1.82, 2.24) is 5.32 Å². The van der Waals surface area contributed by atoms with Crippen LogP contribution in [0.2, 0.25) is 0 Å². The number of carbonyl (C=O) groups is 1. The van der Waals surface area contributed by atoms with Crippen LogP contribution in [0.1, 0.15) is 50.4 Å². The Morgan fingerprint density at radius 2 is 1.89 bits per heavy atom. The molecule has 1 N–H and O–H groups in total. The van der Waals surface area contributed by atoms with Gasteiger partial charge in [-0.25, -0.2) is 0 Å². The Balaban J connectivity index is 1.82. The maximum Gasteiger partial charge on any atom is 0.251 e. The summed E-state index contributed by atoms with van der Waals surface area (Å²) in [5.74, 6) is 0.839. The third-order valence-electron chi connectivity index (χ3n) is 5.58. The number of nitrogens with one attached hydrogen (secondary N) is 1. The molecule has 0 aliphatic heterocycles. The normalized spacial score (nSPS) is 35.3. The molecule has 3 unspecified atom stereocenters. The number of rotatable bonds is 2. The maximum absolute atomic E-state index is 12.4. The highest BCUT2D eigenvalue weighted by Gasteiger charge is 2.59. The number of carbonyl (C=O) groups excluding carboxylic acids is 1. The molecule has 3 rings (SSSR count). The standard InChI is InChI=1S/C17H23NO/c1-16(2)13-9-10-17(3,11-13)15(16)18-14(19)12-7-5-4-6-8-12/h4-8,13,15H,9-11H2,1-3H3,(H,18,19). The predicted molar refractivity (Wildman–Crippen MR) is 76.9 cm³/mol. The summed E-state index contributed by atoms with van der Waals surface area (Å²) in [6, 6.07) is 9.85. The van der Waals surface area contributed by atoms with E-state index in [0.29, 0.717) is 11.5 Å². The largest absolute Gasteiger partial charge is 0.348 e. The number of fused-ring (bicyclic) bond motifs is 2. The van der Waals surface area contributed by atoms with Gasteiger partial charge in [-0.15, -0.1) is 0 Å². The SMILES string of the molecule is CC12CCC(C1)C(C)(C)C2NC(=O)c1ccccc1. The molecular weight excluding hydrogens is 234 g/mol. The molecule has 2 heteroatoms. The molecule has 2 saturated carbocycles. The minimum atomic E-state index is 0.0763. The fourth-order valence-corrected chi connectivity index (χ4v) is 4.47. The lowest BCUT2D eigenvalue weighted by Gasteiger charge is -2.43. The van der Waals surface area contributed by atoms with E-state index in [0.717, 1.165) is 11.5 Å². The van der Waals surface area contributed by atoms with Crippen molar-refractivity contribution in [1.29, 1.82) is 0 Å². The summed E-state index contributed by atoms with van der Waals surface area (Å²) in [4.78, 5) is 12.4. The van der Waals surface area contributed by atoms with Gasteiger partial charge in [0.1, 0.15) is 0 Å². The molecule has 0 spiro atoms. The average molecular weight is 257 g/mol. The van der Waals surface area contributed by atoms with Crippen LogP contribution in [0.5, 0.6) is 0 Å². The van der Waals surface area contributed by atoms with Crippen molar-refractivity contribution in [3.05, 3.63) is 35.9 Å². The third kappa shape index (κ3) is 1.89. The number of hydrogen-bond donors (Lipinski definition) is 1. The van der Waals surface area contributed by atoms with Gasteiger partial charge >= 0.3 is 0 Å². The first-order valence-corrected chi connectivity index (χ1v) is 7.29. The Bertz CT molecular complexity index is 488. The zero-order valence-electron chi connectivity index (χ0n) is 12.1. The van der Waals surface area contributed by atoms with E-state index in [9.17, 15) is 4.79 Å². The molecule has 2 aliphatic rings. The molecule has 2 bridgehead atoms. The zero-order chi connectivity index (χ0) is 13.7. The monoisotopic (exact) mass is 257 g/mol. The Kier molecular flexibility index (Phi) is 2.74. The van der Waals surface area contributed by atoms with Gasteiger partial charge in [-0.1, -0.05) is 39.0 Å². The van der Waals surface area contributed by atoms with Gasteiger partial charge in [0.15, 0.2) is 0 Å². The molecule has 0 aromatic heterocycles. The second kappa shape index (κ2) is 4.09. The molecule has 0 saturated heterocycles. The van der Waals surface area contributed by atoms with Gasteiger partial charge in [-0.3, -0.25) is 4.79 Å². The van der Waals surface area contributed by atoms with E-state index in [4.69, 9.17) is 0 Å². The summed E-state index contributed by atoms with van der Waals surface area (Å²) < 4.78 is 0. The van der Waals surface area contributed by atoms with Gasteiger partial charge in [-0.05, 0) is 48.1 Å². The van der Waals surface area contributed by atoms with Gasteiger partial charge in [0.25, 0.3) is 5.91 Å². The molecule has 2 fully saturated rings. The van der Waals surface area contributed by atoms with Gasteiger partial charge in [0.05, 0.1) is 0 Å². The Morgan fingerprint density at radius 1 is 1.21 bits per heavy atom. The fourth-order valence-electron chi connectivity index (χ4n) is 4.47. The van der Waals surface area contributed by atoms with Crippen molar-refractivity contribution in [2.75, 3.05) is 0 Å². The van der Waals surface area contributed by atoms with Crippen molar-refractivity contribution in [2.24, 2.45) is 16.7 Å². The van der Waals surface area contributed by atoms with E-state index in [1.54, 1.807) is 0 Å². The van der Waals surface area contributed by atoms with Crippen LogP contribution in [0.3, 0.4) is 0 Å². The smallest absolute Gasteiger partial charge is 0.251 e. The summed E-state index contributed by atoms with van der Waals surface area (Å²) in [5.41, 5.74) is 1.28. The van der Waals surface area contributed by atoms with Gasteiger partial charge in [-0.2, -0.15) is 0 Å². The molecule has 19 heavy (non-hydrogen) atoms. The molecule has 1 aromatic carbocycles. The van der Waals surface area contributed by atoms with E-state index < -0.39 is 0 Å². The lowest BCUT2D eigenvalue weighted by molar-refractivity contribution is 0.0737. The minimum Gasteiger partial charge on any atom is -0.348 e. The first kappa shape index (κ1) is 12.7. The van der Waals surface area contributed by atoms with Crippen molar-refractivity contribution >= 4 is 5.91 Å². The fraction of sp³-hybridized carbons (Fsp3) is 0.588. The molecule has 0 heterocycles. The predicted octanol–water partition coefficient (Wildman–Crippen LogP) is 3.63. The first-order chi connectivity index (χ1) is 8.93. The highest BCUT2D eigenvalue weighted by molar-refractivity contribution is 5.94. The van der Waals surface area contributed by atoms with Crippen LogP contribution in [-0.2, 0) is 0 Å². The van der Waals surface area contributed by atoms with Crippen LogP contribution in [0, 0.1) is 16.7 Å². The van der Waals surface area contributed by atoms with E-state index in [-0.39, 0.29) is 11.3 Å². The van der Waals surface area contributed by atoms with Crippen molar-refractivity contribution in [3.8, 4) is 0 Å². The minimum absolute atomic E-state index is 0.0763. The summed E-state index contributed by atoms with van der Waals surface area (Å²) in [7, 11) is 0. The van der Waals surface area contributed by atoms with Crippen molar-refractivity contribution in [2.45, 2.75) is 46.1 Å². The van der Waals surface area contributed by atoms with E-state index in [1.807, 2.05) is 30.3 Å². The maximum atomic E-state index is 12.4. The molecule has 2 aliphatic carbocycles. The topological polar surface area (TPSA) is 29.1 Å². The highest BCUT2D eigenvalue weighted by Crippen LogP contribution is 2.62. The van der Waals surface area contributed by atoms with Crippen LogP contribution in [0.25, 0.3) is 0 Å². The molecule has 0 radical (unpaired) electrons. The van der Waals surface area contributed by atoms with Crippen LogP contribution in [-0.4, -0.2) is 11.9 Å². The van der Waals surface area contributed by atoms with Crippen LogP contribution < -0.4 is 5.32 Å². The van der Waals surface area contributed by atoms with E-state index >= 15 is 0 Å². The van der Waals surface area contributed by atoms with Crippen molar-refractivity contribution < 1.29 is 4.79 Å². The molecular formula is C17H23NO. The number of amides is 1. The lowest BCUT2D eigenvalue weighted by atomic mass is 9.68. The average Bonchev–Trinajstić information content (AvgIpc) is 2.87. The van der Waals surface area contributed by atoms with Gasteiger partial charge < -0.3 is 5.32 Å². The number of hydrogen-bond acceptors (Lipinski definition) is 1. The highest BCUT2D eigenvalue weighted by atomic mass is 16.1. The first-order valence-electron chi connectivity index (χ1n) is 7.29. The summed E-state index contributed by atoms with van der Waals surface area (Å²) in [5, 5.41) is 3.32. The quantitative estimate of drug-likeness (QED) is 0.861. The summed E-state index contributed by atoms with van der Waals surface area (Å²) in [6.45, 7) is 6.98. The van der Waals surface area contributed by atoms with E-state index in [1.165, 1.54) is 19.3 Å². The molecule has 102 valence electrons. The van der Waals surface area contributed by atoms with Gasteiger partial charge in [0, 0.05) is 11.6 Å².